The zero-order valence-corrected chi connectivity index (χ0v) is 8.19. The van der Waals surface area contributed by atoms with Crippen LogP contribution in [0, 0.1) is 0 Å². The summed E-state index contributed by atoms with van der Waals surface area (Å²) in [6, 6.07) is 6.14. The lowest BCUT2D eigenvalue weighted by atomic mass is 10.0. The lowest BCUT2D eigenvalue weighted by molar-refractivity contribution is -0.133. The van der Waals surface area contributed by atoms with E-state index in [1.54, 1.807) is 12.1 Å². The van der Waals surface area contributed by atoms with Crippen molar-refractivity contribution in [3.8, 4) is 0 Å². The highest BCUT2D eigenvalue weighted by molar-refractivity contribution is 6.18. The smallest absolute Gasteiger partial charge is 0.337 e. The number of benzene rings is 1. The minimum absolute atomic E-state index is 0.0351. The standard InChI is InChI=1S/C11H10O4/c1-7(11(14)15-2)8-5-3-4-6-9(8)10(12)13/h3-6H,1H2,2H3,(H,12,13). The topological polar surface area (TPSA) is 63.6 Å². The average molecular weight is 206 g/mol. The van der Waals surface area contributed by atoms with Gasteiger partial charge in [0.05, 0.1) is 18.2 Å². The third kappa shape index (κ3) is 2.22. The Balaban J connectivity index is 3.19. The quantitative estimate of drug-likeness (QED) is 0.602. The molecule has 0 aromatic heterocycles. The number of esters is 1. The van der Waals surface area contributed by atoms with Crippen molar-refractivity contribution < 1.29 is 19.4 Å². The highest BCUT2D eigenvalue weighted by atomic mass is 16.5. The first-order valence-electron chi connectivity index (χ1n) is 4.18. The molecule has 0 unspecified atom stereocenters. The van der Waals surface area contributed by atoms with Gasteiger partial charge in [-0.2, -0.15) is 0 Å². The molecule has 1 aromatic rings. The molecule has 0 bridgehead atoms. The summed E-state index contributed by atoms with van der Waals surface area (Å²) in [5, 5.41) is 8.88. The largest absolute Gasteiger partial charge is 0.478 e. The summed E-state index contributed by atoms with van der Waals surface area (Å²) in [6.07, 6.45) is 0. The molecule has 15 heavy (non-hydrogen) atoms. The van der Waals surface area contributed by atoms with Crippen molar-refractivity contribution in [1.82, 2.24) is 0 Å². The number of methoxy groups -OCH3 is 1. The summed E-state index contributed by atoms with van der Waals surface area (Å²) in [5.41, 5.74) is 0.347. The van der Waals surface area contributed by atoms with E-state index in [2.05, 4.69) is 11.3 Å². The Morgan fingerprint density at radius 2 is 1.80 bits per heavy atom. The predicted octanol–water partition coefficient (Wildman–Crippen LogP) is 1.57. The van der Waals surface area contributed by atoms with E-state index in [0.717, 1.165) is 0 Å². The fraction of sp³-hybridized carbons (Fsp3) is 0.0909. The fourth-order valence-corrected chi connectivity index (χ4v) is 1.17. The number of rotatable bonds is 3. The van der Waals surface area contributed by atoms with Gasteiger partial charge in [0.25, 0.3) is 0 Å². The molecule has 4 nitrogen and oxygen atoms in total. The zero-order chi connectivity index (χ0) is 11.4. The van der Waals surface area contributed by atoms with Crippen LogP contribution in [-0.2, 0) is 9.53 Å². The maximum Gasteiger partial charge on any atom is 0.337 e. The first kappa shape index (κ1) is 11.0. The second kappa shape index (κ2) is 4.41. The van der Waals surface area contributed by atoms with Crippen LogP contribution in [0.25, 0.3) is 5.57 Å². The summed E-state index contributed by atoms with van der Waals surface area (Å²) in [5.74, 6) is -1.74. The highest BCUT2D eigenvalue weighted by Gasteiger charge is 2.16. The molecule has 0 aliphatic rings. The number of hydrogen-bond donors (Lipinski definition) is 1. The summed E-state index contributed by atoms with van der Waals surface area (Å²) in [4.78, 5) is 22.0. The van der Waals surface area contributed by atoms with Gasteiger partial charge in [0.15, 0.2) is 0 Å². The fourth-order valence-electron chi connectivity index (χ4n) is 1.17. The Hall–Kier alpha value is -2.10. The van der Waals surface area contributed by atoms with Crippen molar-refractivity contribution >= 4 is 17.5 Å². The van der Waals surface area contributed by atoms with Gasteiger partial charge in [-0.05, 0) is 6.07 Å². The molecule has 0 spiro atoms. The molecule has 0 atom stereocenters. The van der Waals surface area contributed by atoms with E-state index in [1.807, 2.05) is 0 Å². The Kier molecular flexibility index (Phi) is 3.23. The minimum Gasteiger partial charge on any atom is -0.478 e. The van der Waals surface area contributed by atoms with Gasteiger partial charge in [0, 0.05) is 5.56 Å². The van der Waals surface area contributed by atoms with E-state index in [-0.39, 0.29) is 16.7 Å². The number of carbonyl (C=O) groups is 2. The molecule has 0 saturated heterocycles. The monoisotopic (exact) mass is 206 g/mol. The van der Waals surface area contributed by atoms with Gasteiger partial charge in [-0.1, -0.05) is 24.8 Å². The van der Waals surface area contributed by atoms with Gasteiger partial charge in [-0.25, -0.2) is 9.59 Å². The lowest BCUT2D eigenvalue weighted by Gasteiger charge is -2.06. The molecule has 0 saturated carbocycles. The van der Waals surface area contributed by atoms with Crippen LogP contribution in [0.2, 0.25) is 0 Å². The Bertz CT molecular complexity index is 420. The molecule has 1 N–H and O–H groups in total. The number of carboxylic acid groups (broad SMARTS) is 1. The number of ether oxygens (including phenoxy) is 1. The van der Waals surface area contributed by atoms with Crippen LogP contribution in [0.15, 0.2) is 30.8 Å². The van der Waals surface area contributed by atoms with Crippen LogP contribution in [0.5, 0.6) is 0 Å². The maximum atomic E-state index is 11.2. The summed E-state index contributed by atoms with van der Waals surface area (Å²) in [6.45, 7) is 3.50. The first-order valence-corrected chi connectivity index (χ1v) is 4.18. The molecule has 1 rings (SSSR count). The third-order valence-corrected chi connectivity index (χ3v) is 1.91. The van der Waals surface area contributed by atoms with Crippen LogP contribution in [0.3, 0.4) is 0 Å². The predicted molar refractivity (Wildman–Crippen MR) is 54.5 cm³/mol. The molecule has 0 heterocycles. The molecule has 0 amide bonds. The number of carboxylic acids is 1. The summed E-state index contributed by atoms with van der Waals surface area (Å²) in [7, 11) is 1.22. The molecule has 0 fully saturated rings. The van der Waals surface area contributed by atoms with Gasteiger partial charge in [-0.3, -0.25) is 0 Å². The number of hydrogen-bond acceptors (Lipinski definition) is 3. The van der Waals surface area contributed by atoms with Gasteiger partial charge in [0.2, 0.25) is 0 Å². The van der Waals surface area contributed by atoms with E-state index in [9.17, 15) is 9.59 Å². The van der Waals surface area contributed by atoms with E-state index < -0.39 is 11.9 Å². The molecule has 0 aliphatic carbocycles. The maximum absolute atomic E-state index is 11.2. The summed E-state index contributed by atoms with van der Waals surface area (Å²) >= 11 is 0. The van der Waals surface area contributed by atoms with Gasteiger partial charge in [-0.15, -0.1) is 0 Å². The van der Waals surface area contributed by atoms with Crippen LogP contribution in [0.1, 0.15) is 15.9 Å². The van der Waals surface area contributed by atoms with Crippen LogP contribution in [-0.4, -0.2) is 24.2 Å². The highest BCUT2D eigenvalue weighted by Crippen LogP contribution is 2.18. The zero-order valence-electron chi connectivity index (χ0n) is 8.19. The molecule has 0 aliphatic heterocycles. The first-order chi connectivity index (χ1) is 7.07. The second-order valence-electron chi connectivity index (χ2n) is 2.82. The molecular formula is C11H10O4. The van der Waals surface area contributed by atoms with Crippen molar-refractivity contribution in [3.63, 3.8) is 0 Å². The average Bonchev–Trinajstić information content (AvgIpc) is 2.27. The third-order valence-electron chi connectivity index (χ3n) is 1.91. The molecule has 0 radical (unpaired) electrons. The van der Waals surface area contributed by atoms with Crippen molar-refractivity contribution in [2.75, 3.05) is 7.11 Å². The van der Waals surface area contributed by atoms with Crippen LogP contribution >= 0.6 is 0 Å². The van der Waals surface area contributed by atoms with Gasteiger partial charge < -0.3 is 9.84 Å². The van der Waals surface area contributed by atoms with E-state index in [1.165, 1.54) is 19.2 Å². The normalized spacial score (nSPS) is 9.40. The van der Waals surface area contributed by atoms with Crippen molar-refractivity contribution in [2.45, 2.75) is 0 Å². The van der Waals surface area contributed by atoms with E-state index in [4.69, 9.17) is 5.11 Å². The molecule has 4 heteroatoms. The summed E-state index contributed by atoms with van der Waals surface area (Å²) < 4.78 is 4.47. The second-order valence-corrected chi connectivity index (χ2v) is 2.82. The van der Waals surface area contributed by atoms with Crippen molar-refractivity contribution in [3.05, 3.63) is 42.0 Å². The van der Waals surface area contributed by atoms with Crippen molar-refractivity contribution in [1.29, 1.82) is 0 Å². The van der Waals surface area contributed by atoms with Crippen LogP contribution < -0.4 is 0 Å². The molecule has 78 valence electrons. The SMILES string of the molecule is C=C(C(=O)OC)c1ccccc1C(=O)O. The Labute approximate surface area is 86.8 Å². The van der Waals surface area contributed by atoms with Gasteiger partial charge >= 0.3 is 11.9 Å². The number of aromatic carboxylic acids is 1. The Morgan fingerprint density at radius 3 is 2.27 bits per heavy atom. The lowest BCUT2D eigenvalue weighted by Crippen LogP contribution is -2.08. The van der Waals surface area contributed by atoms with Crippen molar-refractivity contribution in [2.24, 2.45) is 0 Å². The van der Waals surface area contributed by atoms with Gasteiger partial charge in [0.1, 0.15) is 0 Å². The minimum atomic E-state index is -1.10. The molecular weight excluding hydrogens is 196 g/mol. The number of carbonyl (C=O) groups excluding carboxylic acids is 1. The van der Waals surface area contributed by atoms with Crippen LogP contribution in [0.4, 0.5) is 0 Å². The van der Waals surface area contributed by atoms with E-state index >= 15 is 0 Å². The Morgan fingerprint density at radius 1 is 1.27 bits per heavy atom. The molecule has 1 aromatic carbocycles. The van der Waals surface area contributed by atoms with E-state index in [0.29, 0.717) is 0 Å².